The van der Waals surface area contributed by atoms with Gasteiger partial charge in [-0.2, -0.15) is 0 Å². The van der Waals surface area contributed by atoms with Crippen LogP contribution in [0.4, 0.5) is 0 Å². The molecule has 0 aliphatic carbocycles. The molecule has 0 aliphatic heterocycles. The molecule has 1 heterocycles. The van der Waals surface area contributed by atoms with E-state index in [1.165, 1.54) is 0 Å². The summed E-state index contributed by atoms with van der Waals surface area (Å²) in [5.41, 5.74) is 3.02. The molecule has 12 heavy (non-hydrogen) atoms. The van der Waals surface area contributed by atoms with E-state index in [9.17, 15) is 0 Å². The lowest BCUT2D eigenvalue weighted by molar-refractivity contribution is 0.928. The number of nitrogens with zero attached hydrogens (tertiary/aromatic N) is 2. The highest BCUT2D eigenvalue weighted by Crippen LogP contribution is 2.15. The quantitative estimate of drug-likeness (QED) is 0.784. The van der Waals surface area contributed by atoms with E-state index in [0.717, 1.165) is 33.4 Å². The summed E-state index contributed by atoms with van der Waals surface area (Å²) in [4.78, 5) is 8.75. The summed E-state index contributed by atoms with van der Waals surface area (Å²) in [5, 5.41) is 0.919. The van der Waals surface area contributed by atoms with Gasteiger partial charge in [0.25, 0.3) is 0 Å². The summed E-state index contributed by atoms with van der Waals surface area (Å²) in [6, 6.07) is 0. The molecule has 0 N–H and O–H groups in total. The molecule has 66 valence electrons. The maximum Gasteiger partial charge on any atom is 0.127 e. The van der Waals surface area contributed by atoms with E-state index in [0.29, 0.717) is 0 Å². The topological polar surface area (TPSA) is 25.8 Å². The highest BCUT2D eigenvalue weighted by atomic mass is 79.9. The summed E-state index contributed by atoms with van der Waals surface area (Å²) < 4.78 is 0.866. The Morgan fingerprint density at radius 1 is 1.17 bits per heavy atom. The minimum absolute atomic E-state index is 0.866. The van der Waals surface area contributed by atoms with Crippen LogP contribution in [0.15, 0.2) is 4.60 Å². The first-order valence-corrected chi connectivity index (χ1v) is 5.62. The Morgan fingerprint density at radius 3 is 2.33 bits per heavy atom. The van der Waals surface area contributed by atoms with Crippen LogP contribution < -0.4 is 0 Å². The molecule has 0 atom stereocenters. The molecular formula is C8H10Br2N2. The molecule has 0 saturated heterocycles. The van der Waals surface area contributed by atoms with Crippen LogP contribution in [-0.4, -0.2) is 15.3 Å². The van der Waals surface area contributed by atoms with Gasteiger partial charge in [0.1, 0.15) is 4.60 Å². The fourth-order valence-electron chi connectivity index (χ4n) is 0.871. The number of alkyl halides is 1. The zero-order valence-electron chi connectivity index (χ0n) is 7.06. The van der Waals surface area contributed by atoms with Crippen LogP contribution in [0.25, 0.3) is 0 Å². The Labute approximate surface area is 89.1 Å². The van der Waals surface area contributed by atoms with Gasteiger partial charge in [0.2, 0.25) is 0 Å². The number of aromatic nitrogens is 2. The molecular weight excluding hydrogens is 284 g/mol. The number of aryl methyl sites for hydroxylation is 3. The maximum absolute atomic E-state index is 4.42. The fourth-order valence-corrected chi connectivity index (χ4v) is 1.80. The minimum Gasteiger partial charge on any atom is -0.253 e. The molecule has 0 aliphatic rings. The van der Waals surface area contributed by atoms with Gasteiger partial charge in [-0.05, 0) is 29.8 Å². The van der Waals surface area contributed by atoms with E-state index in [-0.39, 0.29) is 0 Å². The van der Waals surface area contributed by atoms with Gasteiger partial charge in [-0.25, -0.2) is 4.98 Å². The third-order valence-electron chi connectivity index (χ3n) is 1.66. The molecule has 0 aromatic carbocycles. The monoisotopic (exact) mass is 292 g/mol. The molecule has 1 aromatic heterocycles. The largest absolute Gasteiger partial charge is 0.253 e. The normalized spacial score (nSPS) is 10.3. The Kier molecular flexibility index (Phi) is 3.65. The van der Waals surface area contributed by atoms with Crippen LogP contribution in [0.2, 0.25) is 0 Å². The van der Waals surface area contributed by atoms with Crippen molar-refractivity contribution < 1.29 is 0 Å². The first-order valence-electron chi connectivity index (χ1n) is 3.70. The highest BCUT2D eigenvalue weighted by Gasteiger charge is 2.04. The zero-order valence-corrected chi connectivity index (χ0v) is 10.2. The molecule has 0 amide bonds. The van der Waals surface area contributed by atoms with Crippen molar-refractivity contribution in [3.63, 3.8) is 0 Å². The van der Waals surface area contributed by atoms with Crippen LogP contribution in [-0.2, 0) is 6.42 Å². The molecule has 1 aromatic rings. The van der Waals surface area contributed by atoms with Crippen LogP contribution >= 0.6 is 31.9 Å². The maximum atomic E-state index is 4.42. The van der Waals surface area contributed by atoms with Gasteiger partial charge in [0.15, 0.2) is 0 Å². The van der Waals surface area contributed by atoms with Crippen molar-refractivity contribution >= 4 is 31.9 Å². The Hall–Kier alpha value is 0.0400. The summed E-state index contributed by atoms with van der Waals surface area (Å²) in [5.74, 6) is 0. The molecule has 2 nitrogen and oxygen atoms in total. The second-order valence-corrected chi connectivity index (χ2v) is 4.12. The second kappa shape index (κ2) is 4.33. The van der Waals surface area contributed by atoms with Crippen LogP contribution in [0, 0.1) is 13.8 Å². The van der Waals surface area contributed by atoms with E-state index in [1.807, 2.05) is 13.8 Å². The van der Waals surface area contributed by atoms with Crippen molar-refractivity contribution in [3.8, 4) is 0 Å². The van der Waals surface area contributed by atoms with E-state index in [1.54, 1.807) is 0 Å². The fraction of sp³-hybridized carbons (Fsp3) is 0.500. The lowest BCUT2D eigenvalue weighted by Gasteiger charge is -2.04. The molecule has 0 fully saturated rings. The second-order valence-electron chi connectivity index (χ2n) is 2.57. The predicted molar refractivity (Wildman–Crippen MR) is 56.7 cm³/mol. The molecule has 0 bridgehead atoms. The van der Waals surface area contributed by atoms with Crippen molar-refractivity contribution in [2.24, 2.45) is 0 Å². The van der Waals surface area contributed by atoms with Gasteiger partial charge in [0.05, 0.1) is 17.1 Å². The lowest BCUT2D eigenvalue weighted by atomic mass is 10.3. The van der Waals surface area contributed by atoms with Crippen LogP contribution in [0.1, 0.15) is 17.1 Å². The lowest BCUT2D eigenvalue weighted by Crippen LogP contribution is -2.00. The van der Waals surface area contributed by atoms with Gasteiger partial charge in [0, 0.05) is 11.8 Å². The molecule has 4 heteroatoms. The average molecular weight is 294 g/mol. The predicted octanol–water partition coefficient (Wildman–Crippen LogP) is 2.79. The number of rotatable bonds is 2. The summed E-state index contributed by atoms with van der Waals surface area (Å²) in [7, 11) is 0. The average Bonchev–Trinajstić information content (AvgIpc) is 2.01. The smallest absolute Gasteiger partial charge is 0.127 e. The van der Waals surface area contributed by atoms with E-state index in [2.05, 4.69) is 41.8 Å². The van der Waals surface area contributed by atoms with Crippen molar-refractivity contribution in [2.45, 2.75) is 20.3 Å². The Morgan fingerprint density at radius 2 is 1.75 bits per heavy atom. The van der Waals surface area contributed by atoms with Crippen LogP contribution in [0.5, 0.6) is 0 Å². The van der Waals surface area contributed by atoms with Crippen molar-refractivity contribution in [3.05, 3.63) is 21.7 Å². The standard InChI is InChI=1S/C8H10Br2N2/c1-5-6(2)12-8(10)7(11-5)3-4-9/h3-4H2,1-2H3. The number of hydrogen-bond donors (Lipinski definition) is 0. The highest BCUT2D eigenvalue weighted by molar-refractivity contribution is 9.10. The molecule has 0 saturated carbocycles. The SMILES string of the molecule is Cc1nc(Br)c(CCBr)nc1C. The van der Waals surface area contributed by atoms with Crippen molar-refractivity contribution in [2.75, 3.05) is 5.33 Å². The summed E-state index contributed by atoms with van der Waals surface area (Å²) in [6.45, 7) is 3.94. The third kappa shape index (κ3) is 2.26. The summed E-state index contributed by atoms with van der Waals surface area (Å²) in [6.07, 6.45) is 0.911. The van der Waals surface area contributed by atoms with E-state index in [4.69, 9.17) is 0 Å². The van der Waals surface area contributed by atoms with E-state index >= 15 is 0 Å². The minimum atomic E-state index is 0.866. The van der Waals surface area contributed by atoms with Gasteiger partial charge >= 0.3 is 0 Å². The van der Waals surface area contributed by atoms with Crippen molar-refractivity contribution in [1.82, 2.24) is 9.97 Å². The van der Waals surface area contributed by atoms with Crippen molar-refractivity contribution in [1.29, 1.82) is 0 Å². The molecule has 1 rings (SSSR count). The summed E-state index contributed by atoms with van der Waals surface area (Å²) >= 11 is 6.76. The first-order chi connectivity index (χ1) is 5.65. The molecule has 0 unspecified atom stereocenters. The van der Waals surface area contributed by atoms with Gasteiger partial charge in [-0.3, -0.25) is 4.98 Å². The van der Waals surface area contributed by atoms with Crippen LogP contribution in [0.3, 0.4) is 0 Å². The third-order valence-corrected chi connectivity index (χ3v) is 2.69. The van der Waals surface area contributed by atoms with E-state index < -0.39 is 0 Å². The molecule has 0 spiro atoms. The molecule has 0 radical (unpaired) electrons. The number of hydrogen-bond acceptors (Lipinski definition) is 2. The Balaban J connectivity index is 3.05. The zero-order chi connectivity index (χ0) is 9.14. The van der Waals surface area contributed by atoms with Gasteiger partial charge in [-0.1, -0.05) is 15.9 Å². The van der Waals surface area contributed by atoms with Gasteiger partial charge in [-0.15, -0.1) is 0 Å². The first kappa shape index (κ1) is 10.1. The van der Waals surface area contributed by atoms with Gasteiger partial charge < -0.3 is 0 Å². The number of halogens is 2. The Bertz CT molecular complexity index is 287.